The van der Waals surface area contributed by atoms with Crippen LogP contribution < -0.4 is 15.2 Å². The van der Waals surface area contributed by atoms with Crippen LogP contribution in [0.25, 0.3) is 6.08 Å². The molecule has 9 heteroatoms. The molecule has 0 aliphatic heterocycles. The second-order valence-electron chi connectivity index (χ2n) is 5.28. The van der Waals surface area contributed by atoms with E-state index < -0.39 is 10.8 Å². The Morgan fingerprint density at radius 1 is 1.41 bits per heavy atom. The van der Waals surface area contributed by atoms with Crippen LogP contribution in [0.3, 0.4) is 0 Å². The Bertz CT molecular complexity index is 966. The Balaban J connectivity index is 2.30. The van der Waals surface area contributed by atoms with Crippen LogP contribution in [0.1, 0.15) is 11.1 Å². The molecule has 0 bridgehead atoms. The van der Waals surface area contributed by atoms with Crippen molar-refractivity contribution in [3.8, 4) is 17.6 Å². The zero-order valence-corrected chi connectivity index (χ0v) is 15.7. The van der Waals surface area contributed by atoms with E-state index in [0.717, 1.165) is 0 Å². The van der Waals surface area contributed by atoms with Gasteiger partial charge in [0.25, 0.3) is 11.6 Å². The normalized spacial score (nSPS) is 10.8. The number of nitro groups is 1. The minimum atomic E-state index is -0.835. The second-order valence-corrected chi connectivity index (χ2v) is 6.14. The summed E-state index contributed by atoms with van der Waals surface area (Å²) in [5.41, 5.74) is 6.03. The lowest BCUT2D eigenvalue weighted by Crippen LogP contribution is -2.12. The Hall–Kier alpha value is -3.38. The molecule has 0 spiro atoms. The first-order valence-electron chi connectivity index (χ1n) is 7.51. The van der Waals surface area contributed by atoms with Gasteiger partial charge in [0, 0.05) is 12.1 Å². The van der Waals surface area contributed by atoms with E-state index in [4.69, 9.17) is 20.5 Å². The molecule has 0 heterocycles. The Morgan fingerprint density at radius 3 is 2.74 bits per heavy atom. The Kier molecular flexibility index (Phi) is 6.51. The molecule has 0 radical (unpaired) electrons. The average molecular weight is 432 g/mol. The average Bonchev–Trinajstić information content (AvgIpc) is 2.64. The predicted octanol–water partition coefficient (Wildman–Crippen LogP) is 3.34. The topological polar surface area (TPSA) is 128 Å². The van der Waals surface area contributed by atoms with E-state index in [9.17, 15) is 14.9 Å². The summed E-state index contributed by atoms with van der Waals surface area (Å²) in [6.07, 6.45) is 1.33. The molecule has 1 amide bonds. The van der Waals surface area contributed by atoms with E-state index in [1.165, 1.54) is 25.3 Å². The van der Waals surface area contributed by atoms with Gasteiger partial charge in [0.05, 0.1) is 16.5 Å². The van der Waals surface area contributed by atoms with Gasteiger partial charge in [0.1, 0.15) is 18.2 Å². The first-order chi connectivity index (χ1) is 12.8. The molecule has 0 aliphatic carbocycles. The maximum atomic E-state index is 11.2. The molecule has 0 unspecified atom stereocenters. The van der Waals surface area contributed by atoms with E-state index in [1.54, 1.807) is 30.3 Å². The summed E-state index contributed by atoms with van der Waals surface area (Å²) >= 11 is 3.36. The molecule has 2 rings (SSSR count). The number of nitriles is 1. The quantitative estimate of drug-likeness (QED) is 0.309. The van der Waals surface area contributed by atoms with E-state index in [2.05, 4.69) is 15.9 Å². The van der Waals surface area contributed by atoms with E-state index in [-0.39, 0.29) is 17.9 Å². The Labute approximate surface area is 163 Å². The molecule has 0 aromatic heterocycles. The van der Waals surface area contributed by atoms with Gasteiger partial charge < -0.3 is 15.2 Å². The monoisotopic (exact) mass is 431 g/mol. The minimum Gasteiger partial charge on any atom is -0.493 e. The molecule has 2 aromatic rings. The summed E-state index contributed by atoms with van der Waals surface area (Å²) < 4.78 is 11.6. The first-order valence-corrected chi connectivity index (χ1v) is 8.30. The van der Waals surface area contributed by atoms with Crippen molar-refractivity contribution in [1.29, 1.82) is 5.26 Å². The zero-order chi connectivity index (χ0) is 20.0. The predicted molar refractivity (Wildman–Crippen MR) is 101 cm³/mol. The van der Waals surface area contributed by atoms with Gasteiger partial charge in [-0.1, -0.05) is 12.1 Å². The third kappa shape index (κ3) is 5.05. The Morgan fingerprint density at radius 2 is 2.15 bits per heavy atom. The van der Waals surface area contributed by atoms with E-state index >= 15 is 0 Å². The number of methoxy groups -OCH3 is 1. The van der Waals surface area contributed by atoms with Gasteiger partial charge in [-0.25, -0.2) is 0 Å². The van der Waals surface area contributed by atoms with Crippen molar-refractivity contribution in [2.45, 2.75) is 6.61 Å². The molecule has 8 nitrogen and oxygen atoms in total. The number of carbonyl (C=O) groups excluding carboxylic acids is 1. The van der Waals surface area contributed by atoms with E-state index in [1.807, 2.05) is 0 Å². The third-order valence-corrected chi connectivity index (χ3v) is 4.04. The van der Waals surface area contributed by atoms with Crippen molar-refractivity contribution in [3.63, 3.8) is 0 Å². The number of amides is 1. The van der Waals surface area contributed by atoms with Gasteiger partial charge in [-0.15, -0.1) is 0 Å². The van der Waals surface area contributed by atoms with Gasteiger partial charge in [-0.05, 0) is 45.3 Å². The number of halogens is 1. The van der Waals surface area contributed by atoms with Crippen molar-refractivity contribution in [2.24, 2.45) is 5.73 Å². The molecule has 2 aromatic carbocycles. The van der Waals surface area contributed by atoms with Crippen LogP contribution in [0.15, 0.2) is 46.4 Å². The summed E-state index contributed by atoms with van der Waals surface area (Å²) in [6.45, 7) is 0.0799. The van der Waals surface area contributed by atoms with Crippen LogP contribution in [0, 0.1) is 21.4 Å². The fourth-order valence-electron chi connectivity index (χ4n) is 2.20. The molecule has 138 valence electrons. The van der Waals surface area contributed by atoms with Crippen LogP contribution in [0.2, 0.25) is 0 Å². The standard InChI is InChI=1S/C18H14BrN3O5/c1-26-16-8-12(5-13(9-20)18(21)23)7-15(19)17(16)27-10-11-3-2-4-14(6-11)22(24)25/h2-8H,10H2,1H3,(H2,21,23)/b13-5+. The number of hydrogen-bond acceptors (Lipinski definition) is 6. The highest BCUT2D eigenvalue weighted by molar-refractivity contribution is 9.10. The lowest BCUT2D eigenvalue weighted by atomic mass is 10.1. The molecular weight excluding hydrogens is 418 g/mol. The van der Waals surface area contributed by atoms with Crippen LogP contribution in [0.4, 0.5) is 5.69 Å². The number of hydrogen-bond donors (Lipinski definition) is 1. The lowest BCUT2D eigenvalue weighted by molar-refractivity contribution is -0.384. The molecular formula is C18H14BrN3O5. The molecule has 0 fully saturated rings. The fourth-order valence-corrected chi connectivity index (χ4v) is 2.78. The minimum absolute atomic E-state index is 0.0295. The summed E-state index contributed by atoms with van der Waals surface area (Å²) in [7, 11) is 1.44. The number of rotatable bonds is 7. The van der Waals surface area contributed by atoms with E-state index in [0.29, 0.717) is 27.1 Å². The molecule has 27 heavy (non-hydrogen) atoms. The highest BCUT2D eigenvalue weighted by Gasteiger charge is 2.14. The highest BCUT2D eigenvalue weighted by atomic mass is 79.9. The van der Waals surface area contributed by atoms with Gasteiger partial charge in [-0.2, -0.15) is 5.26 Å². The molecule has 2 N–H and O–H groups in total. The summed E-state index contributed by atoms with van der Waals surface area (Å²) in [4.78, 5) is 21.6. The SMILES string of the molecule is COc1cc(/C=C(\C#N)C(N)=O)cc(Br)c1OCc1cccc([N+](=O)[O-])c1. The number of nitro benzene ring substituents is 1. The van der Waals surface area contributed by atoms with Crippen LogP contribution in [0.5, 0.6) is 11.5 Å². The van der Waals surface area contributed by atoms with Gasteiger partial charge in [0.15, 0.2) is 11.5 Å². The van der Waals surface area contributed by atoms with Crippen molar-refractivity contribution >= 4 is 33.6 Å². The number of nitrogens with zero attached hydrogens (tertiary/aromatic N) is 2. The van der Waals surface area contributed by atoms with Crippen molar-refractivity contribution in [3.05, 3.63) is 67.7 Å². The number of ether oxygens (including phenoxy) is 2. The largest absolute Gasteiger partial charge is 0.493 e. The molecule has 0 saturated carbocycles. The first kappa shape index (κ1) is 19.9. The van der Waals surface area contributed by atoms with Crippen LogP contribution in [-0.2, 0) is 11.4 Å². The van der Waals surface area contributed by atoms with Crippen LogP contribution in [-0.4, -0.2) is 17.9 Å². The van der Waals surface area contributed by atoms with Gasteiger partial charge in [0.2, 0.25) is 0 Å². The number of non-ortho nitro benzene ring substituents is 1. The number of primary amides is 1. The van der Waals surface area contributed by atoms with Crippen molar-refractivity contribution in [1.82, 2.24) is 0 Å². The summed E-state index contributed by atoms with van der Waals surface area (Å²) in [5, 5.41) is 19.8. The molecule has 0 aliphatic rings. The maximum Gasteiger partial charge on any atom is 0.269 e. The smallest absolute Gasteiger partial charge is 0.269 e. The second kappa shape index (κ2) is 8.82. The summed E-state index contributed by atoms with van der Waals surface area (Å²) in [6, 6.07) is 11.0. The number of nitrogens with two attached hydrogens (primary N) is 1. The van der Waals surface area contributed by atoms with Crippen LogP contribution >= 0.6 is 15.9 Å². The molecule has 0 atom stereocenters. The van der Waals surface area contributed by atoms with Gasteiger partial charge >= 0.3 is 0 Å². The third-order valence-electron chi connectivity index (χ3n) is 3.45. The lowest BCUT2D eigenvalue weighted by Gasteiger charge is -2.13. The molecule has 0 saturated heterocycles. The maximum absolute atomic E-state index is 11.2. The fraction of sp³-hybridized carbons (Fsp3) is 0.111. The van der Waals surface area contributed by atoms with Crippen molar-refractivity contribution < 1.29 is 19.2 Å². The number of benzene rings is 2. The summed E-state index contributed by atoms with van der Waals surface area (Å²) in [5.74, 6) is -0.111. The zero-order valence-electron chi connectivity index (χ0n) is 14.1. The van der Waals surface area contributed by atoms with Crippen molar-refractivity contribution in [2.75, 3.05) is 7.11 Å². The van der Waals surface area contributed by atoms with Gasteiger partial charge in [-0.3, -0.25) is 14.9 Å². The highest BCUT2D eigenvalue weighted by Crippen LogP contribution is 2.37. The number of carbonyl (C=O) groups is 1.